The van der Waals surface area contributed by atoms with Crippen LogP contribution in [0, 0.1) is 18.3 Å². The Morgan fingerprint density at radius 2 is 2.27 bits per heavy atom. The highest BCUT2D eigenvalue weighted by atomic mass is 19.3. The monoisotopic (exact) mass is 211 g/mol. The summed E-state index contributed by atoms with van der Waals surface area (Å²) < 4.78 is 25.3. The summed E-state index contributed by atoms with van der Waals surface area (Å²) in [6.07, 6.45) is -2.72. The van der Waals surface area contributed by atoms with E-state index in [4.69, 9.17) is 11.0 Å². The topological polar surface area (TPSA) is 62.7 Å². The SMILES string of the molecule is Cc1cc(CN)nc(C(F)F)c1CC#N. The first-order chi connectivity index (χ1) is 7.10. The molecule has 0 unspecified atom stereocenters. The molecule has 0 spiro atoms. The summed E-state index contributed by atoms with van der Waals surface area (Å²) in [7, 11) is 0. The average molecular weight is 211 g/mol. The summed E-state index contributed by atoms with van der Waals surface area (Å²) in [5, 5.41) is 8.53. The fourth-order valence-corrected chi connectivity index (χ4v) is 1.39. The molecule has 0 saturated heterocycles. The number of nitrogens with zero attached hydrogens (tertiary/aromatic N) is 2. The van der Waals surface area contributed by atoms with E-state index in [0.717, 1.165) is 0 Å². The van der Waals surface area contributed by atoms with Gasteiger partial charge >= 0.3 is 0 Å². The molecule has 0 aliphatic carbocycles. The van der Waals surface area contributed by atoms with Crippen LogP contribution in [0.25, 0.3) is 0 Å². The van der Waals surface area contributed by atoms with Crippen molar-refractivity contribution < 1.29 is 8.78 Å². The van der Waals surface area contributed by atoms with Gasteiger partial charge in [-0.3, -0.25) is 4.98 Å². The van der Waals surface area contributed by atoms with Crippen LogP contribution in [0.4, 0.5) is 8.78 Å². The van der Waals surface area contributed by atoms with Crippen molar-refractivity contribution in [3.63, 3.8) is 0 Å². The van der Waals surface area contributed by atoms with Gasteiger partial charge in [0.1, 0.15) is 5.69 Å². The molecule has 1 aromatic heterocycles. The van der Waals surface area contributed by atoms with Crippen LogP contribution in [-0.2, 0) is 13.0 Å². The molecule has 0 bridgehead atoms. The normalized spacial score (nSPS) is 10.4. The number of alkyl halides is 2. The third kappa shape index (κ3) is 2.48. The smallest absolute Gasteiger partial charge is 0.280 e. The number of halogens is 2. The molecule has 0 aliphatic rings. The fourth-order valence-electron chi connectivity index (χ4n) is 1.39. The van der Waals surface area contributed by atoms with Gasteiger partial charge in [-0.15, -0.1) is 0 Å². The predicted molar refractivity (Wildman–Crippen MR) is 51.1 cm³/mol. The zero-order chi connectivity index (χ0) is 11.4. The number of nitrogens with two attached hydrogens (primary N) is 1. The molecule has 0 radical (unpaired) electrons. The minimum Gasteiger partial charge on any atom is -0.325 e. The second kappa shape index (κ2) is 4.80. The molecule has 3 nitrogen and oxygen atoms in total. The molecule has 0 aliphatic heterocycles. The molecule has 1 aromatic rings. The van der Waals surface area contributed by atoms with Crippen molar-refractivity contribution in [2.24, 2.45) is 5.73 Å². The fraction of sp³-hybridized carbons (Fsp3) is 0.400. The third-order valence-corrected chi connectivity index (χ3v) is 2.10. The molecular formula is C10H11F2N3. The summed E-state index contributed by atoms with van der Waals surface area (Å²) in [6.45, 7) is 1.80. The quantitative estimate of drug-likeness (QED) is 0.829. The van der Waals surface area contributed by atoms with Gasteiger partial charge in [0.25, 0.3) is 6.43 Å². The first-order valence-corrected chi connectivity index (χ1v) is 4.44. The lowest BCUT2D eigenvalue weighted by atomic mass is 10.0. The van der Waals surface area contributed by atoms with E-state index in [0.29, 0.717) is 16.8 Å². The molecule has 0 saturated carbocycles. The standard InChI is InChI=1S/C10H11F2N3/c1-6-4-7(5-14)15-9(10(11)12)8(6)2-3-13/h4,10H,2,5,14H2,1H3. The lowest BCUT2D eigenvalue weighted by Gasteiger charge is -2.10. The Labute approximate surface area is 86.5 Å². The van der Waals surface area contributed by atoms with Crippen molar-refractivity contribution in [2.45, 2.75) is 26.3 Å². The molecule has 0 aromatic carbocycles. The van der Waals surface area contributed by atoms with Crippen LogP contribution in [-0.4, -0.2) is 4.98 Å². The van der Waals surface area contributed by atoms with Crippen molar-refractivity contribution >= 4 is 0 Å². The molecule has 2 N–H and O–H groups in total. The Bertz CT molecular complexity index is 396. The van der Waals surface area contributed by atoms with E-state index in [9.17, 15) is 8.78 Å². The maximum absolute atomic E-state index is 12.6. The average Bonchev–Trinajstić information content (AvgIpc) is 2.20. The largest absolute Gasteiger partial charge is 0.325 e. The molecule has 80 valence electrons. The summed E-state index contributed by atoms with van der Waals surface area (Å²) >= 11 is 0. The number of nitriles is 1. The van der Waals surface area contributed by atoms with E-state index >= 15 is 0 Å². The number of aryl methyl sites for hydroxylation is 1. The van der Waals surface area contributed by atoms with Gasteiger partial charge in [-0.25, -0.2) is 8.78 Å². The third-order valence-electron chi connectivity index (χ3n) is 2.10. The first kappa shape index (κ1) is 11.5. The van der Waals surface area contributed by atoms with Crippen molar-refractivity contribution in [3.05, 3.63) is 28.6 Å². The number of rotatable bonds is 3. The van der Waals surface area contributed by atoms with E-state index in [1.807, 2.05) is 6.07 Å². The molecule has 0 atom stereocenters. The predicted octanol–water partition coefficient (Wildman–Crippen LogP) is 1.85. The molecular weight excluding hydrogens is 200 g/mol. The number of hydrogen-bond acceptors (Lipinski definition) is 3. The van der Waals surface area contributed by atoms with Crippen LogP contribution in [0.1, 0.15) is 28.9 Å². The van der Waals surface area contributed by atoms with Crippen LogP contribution < -0.4 is 5.73 Å². The van der Waals surface area contributed by atoms with Crippen molar-refractivity contribution in [3.8, 4) is 6.07 Å². The molecule has 5 heteroatoms. The zero-order valence-corrected chi connectivity index (χ0v) is 8.30. The molecule has 0 amide bonds. The zero-order valence-electron chi connectivity index (χ0n) is 8.30. The number of pyridine rings is 1. The van der Waals surface area contributed by atoms with Gasteiger partial charge in [0.15, 0.2) is 0 Å². The van der Waals surface area contributed by atoms with Gasteiger partial charge in [-0.05, 0) is 24.1 Å². The summed E-state index contributed by atoms with van der Waals surface area (Å²) in [4.78, 5) is 3.74. The Morgan fingerprint density at radius 1 is 1.60 bits per heavy atom. The van der Waals surface area contributed by atoms with E-state index < -0.39 is 6.43 Å². The summed E-state index contributed by atoms with van der Waals surface area (Å²) in [5.74, 6) is 0. The Hall–Kier alpha value is -1.54. The highest BCUT2D eigenvalue weighted by molar-refractivity contribution is 5.34. The highest BCUT2D eigenvalue weighted by Gasteiger charge is 2.17. The van der Waals surface area contributed by atoms with E-state index in [1.54, 1.807) is 13.0 Å². The minimum absolute atomic E-state index is 0.0522. The Morgan fingerprint density at radius 3 is 2.73 bits per heavy atom. The summed E-state index contributed by atoms with van der Waals surface area (Å²) in [5.41, 5.74) is 6.39. The van der Waals surface area contributed by atoms with E-state index in [-0.39, 0.29) is 18.7 Å². The van der Waals surface area contributed by atoms with Crippen molar-refractivity contribution in [1.29, 1.82) is 5.26 Å². The first-order valence-electron chi connectivity index (χ1n) is 4.44. The minimum atomic E-state index is -2.67. The van der Waals surface area contributed by atoms with Crippen LogP contribution >= 0.6 is 0 Å². The summed E-state index contributed by atoms with van der Waals surface area (Å²) in [6, 6.07) is 3.49. The highest BCUT2D eigenvalue weighted by Crippen LogP contribution is 2.24. The van der Waals surface area contributed by atoms with Crippen molar-refractivity contribution in [2.75, 3.05) is 0 Å². The maximum atomic E-state index is 12.6. The molecule has 15 heavy (non-hydrogen) atoms. The van der Waals surface area contributed by atoms with Crippen LogP contribution in [0.3, 0.4) is 0 Å². The van der Waals surface area contributed by atoms with Gasteiger partial charge < -0.3 is 5.73 Å². The van der Waals surface area contributed by atoms with Crippen LogP contribution in [0.2, 0.25) is 0 Å². The number of hydrogen-bond donors (Lipinski definition) is 1. The van der Waals surface area contributed by atoms with Crippen LogP contribution in [0.15, 0.2) is 6.07 Å². The van der Waals surface area contributed by atoms with Crippen molar-refractivity contribution in [1.82, 2.24) is 4.98 Å². The Kier molecular flexibility index (Phi) is 3.69. The van der Waals surface area contributed by atoms with Gasteiger partial charge in [-0.2, -0.15) is 5.26 Å². The van der Waals surface area contributed by atoms with Gasteiger partial charge in [-0.1, -0.05) is 0 Å². The van der Waals surface area contributed by atoms with Gasteiger partial charge in [0.2, 0.25) is 0 Å². The molecule has 1 heterocycles. The maximum Gasteiger partial charge on any atom is 0.280 e. The second-order valence-corrected chi connectivity index (χ2v) is 3.13. The lowest BCUT2D eigenvalue weighted by Crippen LogP contribution is -2.07. The van der Waals surface area contributed by atoms with E-state index in [1.165, 1.54) is 0 Å². The van der Waals surface area contributed by atoms with Gasteiger partial charge in [0.05, 0.1) is 18.2 Å². The second-order valence-electron chi connectivity index (χ2n) is 3.13. The van der Waals surface area contributed by atoms with Gasteiger partial charge in [0, 0.05) is 6.54 Å². The van der Waals surface area contributed by atoms with E-state index in [2.05, 4.69) is 4.98 Å². The Balaban J connectivity index is 3.30. The molecule has 0 fully saturated rings. The number of aromatic nitrogens is 1. The molecule has 1 rings (SSSR count). The van der Waals surface area contributed by atoms with Crippen LogP contribution in [0.5, 0.6) is 0 Å². The lowest BCUT2D eigenvalue weighted by molar-refractivity contribution is 0.144.